The largest absolute Gasteiger partial charge is 0.507 e. The van der Waals surface area contributed by atoms with Crippen molar-refractivity contribution in [2.75, 3.05) is 5.32 Å². The number of halogens is 1. The van der Waals surface area contributed by atoms with Crippen LogP contribution in [0.3, 0.4) is 0 Å². The SMILES string of the molecule is O=C(CCC(=O)Nc1ccccc1Cl)N/N=C/c1ccccc1O. The number of rotatable bonds is 6. The highest BCUT2D eigenvalue weighted by Gasteiger charge is 2.08. The molecule has 0 atom stereocenters. The molecule has 0 fully saturated rings. The van der Waals surface area contributed by atoms with Crippen LogP contribution in [-0.4, -0.2) is 23.1 Å². The van der Waals surface area contributed by atoms with Crippen molar-refractivity contribution in [2.24, 2.45) is 5.10 Å². The van der Waals surface area contributed by atoms with E-state index in [0.29, 0.717) is 16.3 Å². The van der Waals surface area contributed by atoms with Gasteiger partial charge >= 0.3 is 0 Å². The molecule has 0 aliphatic carbocycles. The maximum absolute atomic E-state index is 11.8. The van der Waals surface area contributed by atoms with Crippen LogP contribution in [-0.2, 0) is 9.59 Å². The summed E-state index contributed by atoms with van der Waals surface area (Å²) in [6, 6.07) is 13.4. The first-order chi connectivity index (χ1) is 11.6. The third-order valence-electron chi connectivity index (χ3n) is 3.06. The molecule has 2 aromatic carbocycles. The molecule has 24 heavy (non-hydrogen) atoms. The Morgan fingerprint density at radius 1 is 1.04 bits per heavy atom. The molecule has 0 aromatic heterocycles. The van der Waals surface area contributed by atoms with Crippen molar-refractivity contribution in [3.8, 4) is 5.75 Å². The molecule has 2 aromatic rings. The summed E-state index contributed by atoms with van der Waals surface area (Å²) in [5.74, 6) is -0.659. The van der Waals surface area contributed by atoms with Gasteiger partial charge in [0.2, 0.25) is 11.8 Å². The van der Waals surface area contributed by atoms with Crippen molar-refractivity contribution in [1.29, 1.82) is 0 Å². The van der Waals surface area contributed by atoms with E-state index in [9.17, 15) is 14.7 Å². The van der Waals surface area contributed by atoms with Gasteiger partial charge in [0.15, 0.2) is 0 Å². The minimum atomic E-state index is -0.407. The van der Waals surface area contributed by atoms with Gasteiger partial charge in [0.25, 0.3) is 0 Å². The van der Waals surface area contributed by atoms with Gasteiger partial charge in [-0.15, -0.1) is 0 Å². The zero-order chi connectivity index (χ0) is 17.4. The van der Waals surface area contributed by atoms with Crippen molar-refractivity contribution < 1.29 is 14.7 Å². The standard InChI is InChI=1S/C17H16ClN3O3/c18-13-6-2-3-7-14(13)20-16(23)9-10-17(24)21-19-11-12-5-1-4-8-15(12)22/h1-8,11,22H,9-10H2,(H,20,23)(H,21,24)/b19-11+. The molecule has 0 saturated heterocycles. The number of aromatic hydroxyl groups is 1. The number of phenolic OH excluding ortho intramolecular Hbond substituents is 1. The van der Waals surface area contributed by atoms with Crippen molar-refractivity contribution in [2.45, 2.75) is 12.8 Å². The first-order valence-electron chi connectivity index (χ1n) is 7.20. The van der Waals surface area contributed by atoms with Gasteiger partial charge in [0, 0.05) is 18.4 Å². The smallest absolute Gasteiger partial charge is 0.240 e. The molecule has 2 rings (SSSR count). The second-order valence-electron chi connectivity index (χ2n) is 4.88. The highest BCUT2D eigenvalue weighted by molar-refractivity contribution is 6.33. The topological polar surface area (TPSA) is 90.8 Å². The quantitative estimate of drug-likeness (QED) is 0.555. The number of benzene rings is 2. The molecule has 3 N–H and O–H groups in total. The van der Waals surface area contributed by atoms with E-state index in [2.05, 4.69) is 15.8 Å². The van der Waals surface area contributed by atoms with E-state index in [4.69, 9.17) is 11.6 Å². The Kier molecular flexibility index (Phi) is 6.33. The Balaban J connectivity index is 1.76. The summed E-state index contributed by atoms with van der Waals surface area (Å²) >= 11 is 5.94. The second-order valence-corrected chi connectivity index (χ2v) is 5.29. The lowest BCUT2D eigenvalue weighted by Crippen LogP contribution is -2.20. The number of nitrogens with zero attached hydrogens (tertiary/aromatic N) is 1. The number of hydrazone groups is 1. The molecule has 6 nitrogen and oxygen atoms in total. The lowest BCUT2D eigenvalue weighted by molar-refractivity contribution is -0.124. The third-order valence-corrected chi connectivity index (χ3v) is 3.39. The molecule has 124 valence electrons. The molecule has 0 spiro atoms. The highest BCUT2D eigenvalue weighted by atomic mass is 35.5. The van der Waals surface area contributed by atoms with Crippen LogP contribution in [0.1, 0.15) is 18.4 Å². The summed E-state index contributed by atoms with van der Waals surface area (Å²) in [5.41, 5.74) is 3.29. The predicted molar refractivity (Wildman–Crippen MR) is 93.2 cm³/mol. The molecule has 0 aliphatic heterocycles. The van der Waals surface area contributed by atoms with E-state index in [-0.39, 0.29) is 24.5 Å². The maximum Gasteiger partial charge on any atom is 0.240 e. The number of para-hydroxylation sites is 2. The summed E-state index contributed by atoms with van der Waals surface area (Å²) in [6.07, 6.45) is 1.31. The van der Waals surface area contributed by atoms with Crippen LogP contribution >= 0.6 is 11.6 Å². The van der Waals surface area contributed by atoms with Crippen molar-refractivity contribution in [3.05, 3.63) is 59.1 Å². The van der Waals surface area contributed by atoms with Gasteiger partial charge in [-0.25, -0.2) is 5.43 Å². The first-order valence-corrected chi connectivity index (χ1v) is 7.58. The summed E-state index contributed by atoms with van der Waals surface area (Å²) in [7, 11) is 0. The van der Waals surface area contributed by atoms with Gasteiger partial charge in [-0.1, -0.05) is 35.9 Å². The molecule has 0 radical (unpaired) electrons. The Morgan fingerprint density at radius 3 is 2.46 bits per heavy atom. The fourth-order valence-electron chi connectivity index (χ4n) is 1.83. The van der Waals surface area contributed by atoms with E-state index in [1.54, 1.807) is 42.5 Å². The fraction of sp³-hybridized carbons (Fsp3) is 0.118. The van der Waals surface area contributed by atoms with Gasteiger partial charge < -0.3 is 10.4 Å². The van der Waals surface area contributed by atoms with Crippen LogP contribution in [0.2, 0.25) is 5.02 Å². The van der Waals surface area contributed by atoms with Gasteiger partial charge in [0.1, 0.15) is 5.75 Å². The number of hydrogen-bond acceptors (Lipinski definition) is 4. The summed E-state index contributed by atoms with van der Waals surface area (Å²) in [5, 5.41) is 16.4. The van der Waals surface area contributed by atoms with Gasteiger partial charge in [0.05, 0.1) is 16.9 Å². The Bertz CT molecular complexity index is 762. The maximum atomic E-state index is 11.8. The Labute approximate surface area is 144 Å². The van der Waals surface area contributed by atoms with Crippen molar-refractivity contribution in [1.82, 2.24) is 5.43 Å². The zero-order valence-corrected chi connectivity index (χ0v) is 13.5. The summed E-state index contributed by atoms with van der Waals surface area (Å²) in [4.78, 5) is 23.4. The molecule has 2 amide bonds. The zero-order valence-electron chi connectivity index (χ0n) is 12.7. The van der Waals surface area contributed by atoms with Crippen LogP contribution in [0.4, 0.5) is 5.69 Å². The van der Waals surface area contributed by atoms with E-state index < -0.39 is 5.91 Å². The number of phenols is 1. The minimum absolute atomic E-state index is 0.00314. The number of anilines is 1. The van der Waals surface area contributed by atoms with Crippen molar-refractivity contribution >= 4 is 35.3 Å². The molecular formula is C17H16ClN3O3. The Hall–Kier alpha value is -2.86. The number of carbonyl (C=O) groups excluding carboxylic acids is 2. The second kappa shape index (κ2) is 8.69. The molecule has 0 bridgehead atoms. The summed E-state index contributed by atoms with van der Waals surface area (Å²) in [6.45, 7) is 0. The fourth-order valence-corrected chi connectivity index (χ4v) is 2.01. The van der Waals surface area contributed by atoms with Crippen LogP contribution in [0.5, 0.6) is 5.75 Å². The van der Waals surface area contributed by atoms with Crippen LogP contribution < -0.4 is 10.7 Å². The van der Waals surface area contributed by atoms with Crippen LogP contribution in [0, 0.1) is 0 Å². The predicted octanol–water partition coefficient (Wildman–Crippen LogP) is 2.91. The normalized spacial score (nSPS) is 10.5. The van der Waals surface area contributed by atoms with Gasteiger partial charge in [-0.3, -0.25) is 9.59 Å². The molecule has 0 heterocycles. The van der Waals surface area contributed by atoms with E-state index in [1.807, 2.05) is 0 Å². The van der Waals surface area contributed by atoms with E-state index >= 15 is 0 Å². The number of hydrogen-bond donors (Lipinski definition) is 3. The van der Waals surface area contributed by atoms with Gasteiger partial charge in [-0.05, 0) is 24.3 Å². The molecular weight excluding hydrogens is 330 g/mol. The molecule has 0 aliphatic rings. The number of amides is 2. The number of carbonyl (C=O) groups is 2. The van der Waals surface area contributed by atoms with Crippen LogP contribution in [0.15, 0.2) is 53.6 Å². The summed E-state index contributed by atoms with van der Waals surface area (Å²) < 4.78 is 0. The Morgan fingerprint density at radius 2 is 1.71 bits per heavy atom. The van der Waals surface area contributed by atoms with Gasteiger partial charge in [-0.2, -0.15) is 5.10 Å². The average molecular weight is 346 g/mol. The molecule has 7 heteroatoms. The lowest BCUT2D eigenvalue weighted by atomic mass is 10.2. The monoisotopic (exact) mass is 345 g/mol. The first kappa shape index (κ1) is 17.5. The minimum Gasteiger partial charge on any atom is -0.507 e. The third kappa shape index (κ3) is 5.40. The highest BCUT2D eigenvalue weighted by Crippen LogP contribution is 2.20. The van der Waals surface area contributed by atoms with Crippen LogP contribution in [0.25, 0.3) is 0 Å². The number of nitrogens with one attached hydrogen (secondary N) is 2. The molecule has 0 saturated carbocycles. The van der Waals surface area contributed by atoms with E-state index in [1.165, 1.54) is 12.3 Å². The lowest BCUT2D eigenvalue weighted by Gasteiger charge is -2.06. The van der Waals surface area contributed by atoms with Crippen molar-refractivity contribution in [3.63, 3.8) is 0 Å². The average Bonchev–Trinajstić information content (AvgIpc) is 2.57. The molecule has 0 unspecified atom stereocenters. The van der Waals surface area contributed by atoms with E-state index in [0.717, 1.165) is 0 Å².